The topological polar surface area (TPSA) is 63.6 Å². The second-order valence-corrected chi connectivity index (χ2v) is 10.3. The Morgan fingerprint density at radius 1 is 1.14 bits per heavy atom. The number of ketones is 1. The average Bonchev–Trinajstić information content (AvgIpc) is 2.83. The normalized spacial score (nSPS) is 47.5. The lowest BCUT2D eigenvalue weighted by atomic mass is 9.46. The van der Waals surface area contributed by atoms with Crippen LogP contribution < -0.4 is 0 Å². The molecule has 4 aliphatic rings. The van der Waals surface area contributed by atoms with Crippen LogP contribution in [0.25, 0.3) is 0 Å². The molecular formula is C24H34O4. The molecule has 0 heterocycles. The lowest BCUT2D eigenvalue weighted by Crippen LogP contribution is -2.57. The lowest BCUT2D eigenvalue weighted by molar-refractivity contribution is -0.155. The van der Waals surface area contributed by atoms with Gasteiger partial charge < -0.3 is 9.84 Å². The summed E-state index contributed by atoms with van der Waals surface area (Å²) in [6.45, 7) is 11.7. The van der Waals surface area contributed by atoms with Crippen molar-refractivity contribution in [1.29, 1.82) is 0 Å². The van der Waals surface area contributed by atoms with Crippen LogP contribution in [0.1, 0.15) is 72.6 Å². The van der Waals surface area contributed by atoms with Crippen molar-refractivity contribution in [2.45, 2.75) is 84.3 Å². The van der Waals surface area contributed by atoms with E-state index in [1.54, 1.807) is 0 Å². The molecule has 0 radical (unpaired) electrons. The molecule has 0 aromatic rings. The molecule has 0 amide bonds. The third-order valence-corrected chi connectivity index (χ3v) is 9.09. The largest absolute Gasteiger partial charge is 0.462 e. The van der Waals surface area contributed by atoms with Crippen LogP contribution in [0.5, 0.6) is 0 Å². The van der Waals surface area contributed by atoms with Crippen molar-refractivity contribution in [3.63, 3.8) is 0 Å². The van der Waals surface area contributed by atoms with Gasteiger partial charge in [0.1, 0.15) is 11.7 Å². The third-order valence-electron chi connectivity index (χ3n) is 9.09. The van der Waals surface area contributed by atoms with Crippen LogP contribution in [0.15, 0.2) is 23.8 Å². The molecule has 4 aliphatic carbocycles. The Morgan fingerprint density at radius 3 is 2.50 bits per heavy atom. The number of ether oxygens (including phenoxy) is 1. The van der Waals surface area contributed by atoms with Crippen molar-refractivity contribution in [2.24, 2.45) is 28.6 Å². The molecule has 1 N–H and O–H groups in total. The summed E-state index contributed by atoms with van der Waals surface area (Å²) in [5.74, 6) is 0.993. The van der Waals surface area contributed by atoms with Gasteiger partial charge in [-0.05, 0) is 74.2 Å². The van der Waals surface area contributed by atoms with Crippen molar-refractivity contribution in [2.75, 3.05) is 0 Å². The maximum absolute atomic E-state index is 12.4. The van der Waals surface area contributed by atoms with Crippen LogP contribution in [-0.4, -0.2) is 28.6 Å². The number of carbonyl (C=O) groups excluding carboxylic acids is 2. The molecule has 7 unspecified atom stereocenters. The smallest absolute Gasteiger partial charge is 0.302 e. The highest BCUT2D eigenvalue weighted by Gasteiger charge is 2.66. The molecule has 154 valence electrons. The van der Waals surface area contributed by atoms with Crippen LogP contribution in [0.4, 0.5) is 0 Å². The van der Waals surface area contributed by atoms with Crippen LogP contribution in [-0.2, 0) is 14.3 Å². The predicted octanol–water partition coefficient (Wildman–Crippen LogP) is 4.37. The molecule has 28 heavy (non-hydrogen) atoms. The van der Waals surface area contributed by atoms with E-state index in [2.05, 4.69) is 26.5 Å². The van der Waals surface area contributed by atoms with Crippen LogP contribution in [0.2, 0.25) is 0 Å². The molecule has 0 aromatic heterocycles. The zero-order chi connectivity index (χ0) is 20.5. The van der Waals surface area contributed by atoms with Gasteiger partial charge in [-0.25, -0.2) is 0 Å². The number of Topliss-reactive ketones (excluding diaryl/α,β-unsaturated/α-hetero) is 1. The Bertz CT molecular complexity index is 767. The third kappa shape index (κ3) is 2.46. The zero-order valence-corrected chi connectivity index (χ0v) is 17.7. The Kier molecular flexibility index (Phi) is 4.46. The average molecular weight is 387 g/mol. The van der Waals surface area contributed by atoms with Gasteiger partial charge in [0, 0.05) is 18.8 Å². The van der Waals surface area contributed by atoms with Crippen molar-refractivity contribution < 1.29 is 19.4 Å². The number of esters is 1. The minimum Gasteiger partial charge on any atom is -0.462 e. The first-order chi connectivity index (χ1) is 13.0. The summed E-state index contributed by atoms with van der Waals surface area (Å²) in [4.78, 5) is 23.8. The second-order valence-electron chi connectivity index (χ2n) is 10.3. The van der Waals surface area contributed by atoms with Gasteiger partial charge >= 0.3 is 5.97 Å². The fraction of sp³-hybridized carbons (Fsp3) is 0.750. The summed E-state index contributed by atoms with van der Waals surface area (Å²) < 4.78 is 5.51. The molecule has 3 saturated carbocycles. The zero-order valence-electron chi connectivity index (χ0n) is 17.7. The number of rotatable bonds is 2. The van der Waals surface area contributed by atoms with E-state index < -0.39 is 11.0 Å². The summed E-state index contributed by atoms with van der Waals surface area (Å²) in [6, 6.07) is 0. The van der Waals surface area contributed by atoms with Gasteiger partial charge in [0.25, 0.3) is 0 Å². The highest BCUT2D eigenvalue weighted by molar-refractivity contribution is 5.90. The molecular weight excluding hydrogens is 352 g/mol. The minimum atomic E-state index is -1.37. The lowest BCUT2D eigenvalue weighted by Gasteiger charge is -2.58. The first-order valence-electron chi connectivity index (χ1n) is 10.8. The molecule has 4 nitrogen and oxygen atoms in total. The predicted molar refractivity (Wildman–Crippen MR) is 107 cm³/mol. The standard InChI is InChI=1S/C24H34O4/c1-14-12-21-19-7-6-17-13-18(28-16(3)26)8-10-22(17,4)20(19)9-11-23(21,5)24(14,27)15(2)25/h6,18-21,27H,1,7-13H2,2-5H3. The number of aliphatic hydroxyl groups is 1. The van der Waals surface area contributed by atoms with E-state index in [0.29, 0.717) is 23.3 Å². The first-order valence-corrected chi connectivity index (χ1v) is 10.8. The number of carbonyl (C=O) groups is 2. The van der Waals surface area contributed by atoms with E-state index in [1.165, 1.54) is 19.4 Å². The molecule has 0 saturated heterocycles. The molecule has 0 aromatic carbocycles. The van der Waals surface area contributed by atoms with Gasteiger partial charge in [-0.3, -0.25) is 9.59 Å². The van der Waals surface area contributed by atoms with Gasteiger partial charge in [0.2, 0.25) is 0 Å². The maximum Gasteiger partial charge on any atom is 0.302 e. The fourth-order valence-electron chi connectivity index (χ4n) is 7.58. The second kappa shape index (κ2) is 6.29. The fourth-order valence-corrected chi connectivity index (χ4v) is 7.58. The highest BCUT2D eigenvalue weighted by Crippen LogP contribution is 2.68. The number of hydrogen-bond donors (Lipinski definition) is 1. The van der Waals surface area contributed by atoms with E-state index in [9.17, 15) is 14.7 Å². The summed E-state index contributed by atoms with van der Waals surface area (Å²) >= 11 is 0. The summed E-state index contributed by atoms with van der Waals surface area (Å²) in [7, 11) is 0. The van der Waals surface area contributed by atoms with Gasteiger partial charge in [-0.2, -0.15) is 0 Å². The van der Waals surface area contributed by atoms with Gasteiger partial charge in [-0.1, -0.05) is 32.1 Å². The summed E-state index contributed by atoms with van der Waals surface area (Å²) in [6.07, 6.45) is 8.85. The summed E-state index contributed by atoms with van der Waals surface area (Å²) in [5.41, 5.74) is 0.521. The Labute approximate surface area is 168 Å². The van der Waals surface area contributed by atoms with E-state index in [-0.39, 0.29) is 23.3 Å². The number of hydrogen-bond acceptors (Lipinski definition) is 4. The first kappa shape index (κ1) is 19.9. The van der Waals surface area contributed by atoms with Crippen molar-refractivity contribution >= 4 is 11.8 Å². The van der Waals surface area contributed by atoms with E-state index in [1.807, 2.05) is 0 Å². The molecule has 0 bridgehead atoms. The summed E-state index contributed by atoms with van der Waals surface area (Å²) in [5, 5.41) is 11.4. The molecule has 0 spiro atoms. The number of allylic oxidation sites excluding steroid dienone is 1. The Hall–Kier alpha value is -1.42. The minimum absolute atomic E-state index is 0.0105. The molecule has 4 heteroatoms. The Balaban J connectivity index is 1.65. The quantitative estimate of drug-likeness (QED) is 0.565. The van der Waals surface area contributed by atoms with E-state index in [0.717, 1.165) is 44.9 Å². The SMILES string of the molecule is C=C1CC2C3CC=C4CC(OC(C)=O)CCC4(C)C3CCC2(C)C1(O)C(C)=O. The molecule has 0 aliphatic heterocycles. The molecule has 4 rings (SSSR count). The van der Waals surface area contributed by atoms with E-state index in [4.69, 9.17) is 4.74 Å². The Morgan fingerprint density at radius 2 is 1.86 bits per heavy atom. The van der Waals surface area contributed by atoms with E-state index >= 15 is 0 Å². The van der Waals surface area contributed by atoms with Crippen molar-refractivity contribution in [3.8, 4) is 0 Å². The van der Waals surface area contributed by atoms with Crippen LogP contribution in [0.3, 0.4) is 0 Å². The molecule has 7 atom stereocenters. The van der Waals surface area contributed by atoms with Crippen LogP contribution >= 0.6 is 0 Å². The van der Waals surface area contributed by atoms with Crippen molar-refractivity contribution in [3.05, 3.63) is 23.8 Å². The number of fused-ring (bicyclic) bond motifs is 5. The molecule has 3 fully saturated rings. The maximum atomic E-state index is 12.4. The van der Waals surface area contributed by atoms with Crippen LogP contribution in [0, 0.1) is 28.6 Å². The van der Waals surface area contributed by atoms with Crippen molar-refractivity contribution in [1.82, 2.24) is 0 Å². The highest BCUT2D eigenvalue weighted by atomic mass is 16.5. The monoisotopic (exact) mass is 386 g/mol. The van der Waals surface area contributed by atoms with Gasteiger partial charge in [-0.15, -0.1) is 0 Å². The van der Waals surface area contributed by atoms with Gasteiger partial charge in [0.15, 0.2) is 5.78 Å². The van der Waals surface area contributed by atoms with Gasteiger partial charge in [0.05, 0.1) is 0 Å².